The SMILES string of the molecule is CNCC(=O)c1c(F)cccc1N1CCCC1. The molecule has 92 valence electrons. The third-order valence-electron chi connectivity index (χ3n) is 3.05. The number of carbonyl (C=O) groups is 1. The van der Waals surface area contributed by atoms with Crippen LogP contribution in [-0.4, -0.2) is 32.5 Å². The van der Waals surface area contributed by atoms with E-state index >= 15 is 0 Å². The predicted octanol–water partition coefficient (Wildman–Crippen LogP) is 1.83. The molecule has 3 nitrogen and oxygen atoms in total. The first-order valence-electron chi connectivity index (χ1n) is 5.95. The van der Waals surface area contributed by atoms with Gasteiger partial charge in [-0.25, -0.2) is 4.39 Å². The Morgan fingerprint density at radius 1 is 1.41 bits per heavy atom. The van der Waals surface area contributed by atoms with Crippen molar-refractivity contribution >= 4 is 11.5 Å². The van der Waals surface area contributed by atoms with Gasteiger partial charge in [0, 0.05) is 13.1 Å². The van der Waals surface area contributed by atoms with Crippen molar-refractivity contribution in [1.29, 1.82) is 0 Å². The number of rotatable bonds is 4. The Labute approximate surface area is 101 Å². The summed E-state index contributed by atoms with van der Waals surface area (Å²) in [5.41, 5.74) is 0.964. The lowest BCUT2D eigenvalue weighted by Crippen LogP contribution is -2.25. The Hall–Kier alpha value is -1.42. The lowest BCUT2D eigenvalue weighted by molar-refractivity contribution is 0.0990. The summed E-state index contributed by atoms with van der Waals surface area (Å²) in [4.78, 5) is 14.0. The molecule has 0 saturated carbocycles. The fourth-order valence-electron chi connectivity index (χ4n) is 2.26. The van der Waals surface area contributed by atoms with Crippen molar-refractivity contribution in [3.63, 3.8) is 0 Å². The highest BCUT2D eigenvalue weighted by Gasteiger charge is 2.21. The first kappa shape index (κ1) is 12.0. The molecule has 0 radical (unpaired) electrons. The monoisotopic (exact) mass is 236 g/mol. The molecule has 1 aromatic rings. The third kappa shape index (κ3) is 2.47. The van der Waals surface area contributed by atoms with E-state index < -0.39 is 5.82 Å². The van der Waals surface area contributed by atoms with Crippen LogP contribution in [0.5, 0.6) is 0 Å². The van der Waals surface area contributed by atoms with Gasteiger partial charge in [0.25, 0.3) is 0 Å². The normalized spacial score (nSPS) is 15.3. The van der Waals surface area contributed by atoms with Crippen LogP contribution in [0.15, 0.2) is 18.2 Å². The molecule has 0 atom stereocenters. The molecule has 1 saturated heterocycles. The Morgan fingerprint density at radius 3 is 2.76 bits per heavy atom. The van der Waals surface area contributed by atoms with E-state index in [4.69, 9.17) is 0 Å². The van der Waals surface area contributed by atoms with E-state index in [0.717, 1.165) is 31.6 Å². The predicted molar refractivity (Wildman–Crippen MR) is 66.1 cm³/mol. The van der Waals surface area contributed by atoms with Crippen LogP contribution in [0.1, 0.15) is 23.2 Å². The zero-order valence-corrected chi connectivity index (χ0v) is 10.0. The average molecular weight is 236 g/mol. The van der Waals surface area contributed by atoms with Crippen molar-refractivity contribution in [2.45, 2.75) is 12.8 Å². The maximum atomic E-state index is 13.8. The fourth-order valence-corrected chi connectivity index (χ4v) is 2.26. The summed E-state index contributed by atoms with van der Waals surface area (Å²) in [5.74, 6) is -0.609. The van der Waals surface area contributed by atoms with Gasteiger partial charge in [0.2, 0.25) is 0 Å². The van der Waals surface area contributed by atoms with Crippen molar-refractivity contribution in [2.75, 3.05) is 31.6 Å². The number of nitrogens with one attached hydrogen (secondary N) is 1. The van der Waals surface area contributed by atoms with Gasteiger partial charge in [0.15, 0.2) is 5.78 Å². The smallest absolute Gasteiger partial charge is 0.181 e. The lowest BCUT2D eigenvalue weighted by Gasteiger charge is -2.21. The van der Waals surface area contributed by atoms with E-state index in [2.05, 4.69) is 10.2 Å². The second-order valence-electron chi connectivity index (χ2n) is 4.28. The topological polar surface area (TPSA) is 32.3 Å². The molecule has 1 heterocycles. The molecule has 2 rings (SSSR count). The summed E-state index contributed by atoms with van der Waals surface area (Å²) in [5, 5.41) is 2.78. The van der Waals surface area contributed by atoms with Crippen molar-refractivity contribution in [1.82, 2.24) is 5.32 Å². The summed E-state index contributed by atoms with van der Waals surface area (Å²) in [6.45, 7) is 1.98. The molecular formula is C13H17FN2O. The highest BCUT2D eigenvalue weighted by molar-refractivity contribution is 6.03. The Bertz CT molecular complexity index is 414. The van der Waals surface area contributed by atoms with Gasteiger partial charge in [-0.3, -0.25) is 4.79 Å². The molecular weight excluding hydrogens is 219 g/mol. The third-order valence-corrected chi connectivity index (χ3v) is 3.05. The first-order valence-corrected chi connectivity index (χ1v) is 5.95. The first-order chi connectivity index (χ1) is 8.24. The molecule has 1 fully saturated rings. The van der Waals surface area contributed by atoms with Gasteiger partial charge in [-0.05, 0) is 32.0 Å². The van der Waals surface area contributed by atoms with Crippen LogP contribution < -0.4 is 10.2 Å². The molecule has 0 aliphatic carbocycles. The number of hydrogen-bond acceptors (Lipinski definition) is 3. The number of likely N-dealkylation sites (N-methyl/N-ethyl adjacent to an activating group) is 1. The van der Waals surface area contributed by atoms with Crippen LogP contribution in [0.4, 0.5) is 10.1 Å². The van der Waals surface area contributed by atoms with Gasteiger partial charge >= 0.3 is 0 Å². The minimum Gasteiger partial charge on any atom is -0.371 e. The zero-order chi connectivity index (χ0) is 12.3. The molecule has 0 bridgehead atoms. The number of ketones is 1. The van der Waals surface area contributed by atoms with E-state index in [1.807, 2.05) is 6.07 Å². The van der Waals surface area contributed by atoms with Crippen molar-refractivity contribution in [2.24, 2.45) is 0 Å². The molecule has 17 heavy (non-hydrogen) atoms. The van der Waals surface area contributed by atoms with Gasteiger partial charge in [0.1, 0.15) is 5.82 Å². The largest absolute Gasteiger partial charge is 0.371 e. The van der Waals surface area contributed by atoms with Gasteiger partial charge in [0.05, 0.1) is 17.8 Å². The van der Waals surface area contributed by atoms with Gasteiger partial charge in [-0.15, -0.1) is 0 Å². The minimum atomic E-state index is -0.422. The Morgan fingerprint density at radius 2 is 2.12 bits per heavy atom. The molecule has 4 heteroatoms. The Balaban J connectivity index is 2.36. The molecule has 1 aromatic carbocycles. The molecule has 0 aromatic heterocycles. The quantitative estimate of drug-likeness (QED) is 0.809. The van der Waals surface area contributed by atoms with Gasteiger partial charge in [-0.1, -0.05) is 6.07 Å². The lowest BCUT2D eigenvalue weighted by atomic mass is 10.1. The number of carbonyl (C=O) groups excluding carboxylic acids is 1. The highest BCUT2D eigenvalue weighted by atomic mass is 19.1. The molecule has 0 spiro atoms. The second-order valence-corrected chi connectivity index (χ2v) is 4.28. The van der Waals surface area contributed by atoms with E-state index in [1.165, 1.54) is 6.07 Å². The minimum absolute atomic E-state index is 0.168. The summed E-state index contributed by atoms with van der Waals surface area (Å²) in [6, 6.07) is 4.85. The molecule has 0 amide bonds. The number of benzene rings is 1. The van der Waals surface area contributed by atoms with Crippen LogP contribution in [0, 0.1) is 5.82 Å². The standard InChI is InChI=1S/C13H17FN2O/c1-15-9-12(17)13-10(14)5-4-6-11(13)16-7-2-3-8-16/h4-6,15H,2-3,7-9H2,1H3. The van der Waals surface area contributed by atoms with Crippen LogP contribution in [0.3, 0.4) is 0 Å². The van der Waals surface area contributed by atoms with E-state index in [9.17, 15) is 9.18 Å². The number of anilines is 1. The molecule has 1 N–H and O–H groups in total. The highest BCUT2D eigenvalue weighted by Crippen LogP contribution is 2.26. The molecule has 0 unspecified atom stereocenters. The average Bonchev–Trinajstić information content (AvgIpc) is 2.82. The number of halogens is 1. The fraction of sp³-hybridized carbons (Fsp3) is 0.462. The summed E-state index contributed by atoms with van der Waals surface area (Å²) >= 11 is 0. The number of nitrogens with zero attached hydrogens (tertiary/aromatic N) is 1. The summed E-state index contributed by atoms with van der Waals surface area (Å²) in [6.07, 6.45) is 2.21. The van der Waals surface area contributed by atoms with Crippen LogP contribution >= 0.6 is 0 Å². The molecule has 1 aliphatic heterocycles. The summed E-state index contributed by atoms with van der Waals surface area (Å²) in [7, 11) is 1.69. The van der Waals surface area contributed by atoms with Gasteiger partial charge < -0.3 is 10.2 Å². The molecule has 1 aliphatic rings. The van der Waals surface area contributed by atoms with Crippen LogP contribution in [-0.2, 0) is 0 Å². The number of hydrogen-bond donors (Lipinski definition) is 1. The van der Waals surface area contributed by atoms with Crippen molar-refractivity contribution in [3.8, 4) is 0 Å². The van der Waals surface area contributed by atoms with E-state index in [1.54, 1.807) is 13.1 Å². The van der Waals surface area contributed by atoms with Crippen molar-refractivity contribution < 1.29 is 9.18 Å². The maximum Gasteiger partial charge on any atom is 0.181 e. The van der Waals surface area contributed by atoms with E-state index in [-0.39, 0.29) is 17.9 Å². The Kier molecular flexibility index (Phi) is 3.74. The van der Waals surface area contributed by atoms with Crippen molar-refractivity contribution in [3.05, 3.63) is 29.6 Å². The van der Waals surface area contributed by atoms with Crippen LogP contribution in [0.25, 0.3) is 0 Å². The zero-order valence-electron chi connectivity index (χ0n) is 10.0. The van der Waals surface area contributed by atoms with Crippen LogP contribution in [0.2, 0.25) is 0 Å². The van der Waals surface area contributed by atoms with Gasteiger partial charge in [-0.2, -0.15) is 0 Å². The summed E-state index contributed by atoms with van der Waals surface area (Å²) < 4.78 is 13.8. The van der Waals surface area contributed by atoms with E-state index in [0.29, 0.717) is 0 Å². The second kappa shape index (κ2) is 5.27. The number of Topliss-reactive ketones (excluding diaryl/α,β-unsaturated/α-hetero) is 1. The maximum absolute atomic E-state index is 13.8.